The molecule has 0 aromatic rings. The Balaban J connectivity index is 2.48. The predicted octanol–water partition coefficient (Wildman–Crippen LogP) is -0.970. The van der Waals surface area contributed by atoms with E-state index in [4.69, 9.17) is 5.73 Å². The Morgan fingerprint density at radius 3 is 3.08 bits per heavy atom. The summed E-state index contributed by atoms with van der Waals surface area (Å²) in [6.07, 6.45) is 3.27. The average molecular weight is 185 g/mol. The molecule has 1 saturated heterocycles. The zero-order valence-electron chi connectivity index (χ0n) is 7.53. The van der Waals surface area contributed by atoms with E-state index >= 15 is 0 Å². The van der Waals surface area contributed by atoms with E-state index in [0.717, 1.165) is 19.3 Å². The summed E-state index contributed by atoms with van der Waals surface area (Å²) in [6.45, 7) is 0.962. The Hall–Kier alpha value is -1.10. The Morgan fingerprint density at radius 1 is 1.62 bits per heavy atom. The molecule has 1 aliphatic heterocycles. The highest BCUT2D eigenvalue weighted by atomic mass is 16.2. The number of carbonyl (C=O) groups is 2. The van der Waals surface area contributed by atoms with Gasteiger partial charge in [0.05, 0.1) is 12.7 Å². The standard InChI is InChI=1S/C8H15N3O2/c9-7-3-1-2-4-11(8(7)13)5-10-6-12/h6-7H,1-5,9H2,(H,10,12). The van der Waals surface area contributed by atoms with Gasteiger partial charge in [-0.15, -0.1) is 0 Å². The molecule has 1 rings (SSSR count). The summed E-state index contributed by atoms with van der Waals surface area (Å²) in [6, 6.07) is -0.393. The normalized spacial score (nSPS) is 23.9. The van der Waals surface area contributed by atoms with Crippen LogP contribution in [0.15, 0.2) is 0 Å². The molecular formula is C8H15N3O2. The van der Waals surface area contributed by atoms with Crippen LogP contribution in [0.25, 0.3) is 0 Å². The molecular weight excluding hydrogens is 170 g/mol. The third-order valence-electron chi connectivity index (χ3n) is 2.19. The van der Waals surface area contributed by atoms with E-state index in [1.807, 2.05) is 0 Å². The number of hydrogen-bond acceptors (Lipinski definition) is 3. The molecule has 0 aromatic carbocycles. The van der Waals surface area contributed by atoms with Crippen LogP contribution in [0.5, 0.6) is 0 Å². The number of carbonyl (C=O) groups excluding carboxylic acids is 2. The van der Waals surface area contributed by atoms with Crippen molar-refractivity contribution in [3.63, 3.8) is 0 Å². The SMILES string of the molecule is NC1CCCCN(CNC=O)C1=O. The van der Waals surface area contributed by atoms with Crippen molar-refractivity contribution >= 4 is 12.3 Å². The summed E-state index contributed by atoms with van der Waals surface area (Å²) in [5, 5.41) is 2.47. The van der Waals surface area contributed by atoms with Gasteiger partial charge in [-0.05, 0) is 19.3 Å². The van der Waals surface area contributed by atoms with Crippen molar-refractivity contribution in [2.75, 3.05) is 13.2 Å². The van der Waals surface area contributed by atoms with Gasteiger partial charge in [0.25, 0.3) is 0 Å². The lowest BCUT2D eigenvalue weighted by Crippen LogP contribution is -2.45. The minimum Gasteiger partial charge on any atom is -0.341 e. The molecule has 0 spiro atoms. The van der Waals surface area contributed by atoms with Crippen LogP contribution in [-0.4, -0.2) is 36.5 Å². The average Bonchev–Trinajstić information content (AvgIpc) is 2.28. The first-order chi connectivity index (χ1) is 6.25. The second-order valence-electron chi connectivity index (χ2n) is 3.18. The van der Waals surface area contributed by atoms with Gasteiger partial charge in [-0.2, -0.15) is 0 Å². The summed E-state index contributed by atoms with van der Waals surface area (Å²) in [5.41, 5.74) is 5.63. The van der Waals surface area contributed by atoms with Gasteiger partial charge >= 0.3 is 0 Å². The lowest BCUT2D eigenvalue weighted by Gasteiger charge is -2.21. The first kappa shape index (κ1) is 9.98. The molecule has 3 N–H and O–H groups in total. The van der Waals surface area contributed by atoms with Gasteiger partial charge in [-0.1, -0.05) is 0 Å². The number of hydrogen-bond donors (Lipinski definition) is 2. The fourth-order valence-electron chi connectivity index (χ4n) is 1.44. The van der Waals surface area contributed by atoms with Crippen molar-refractivity contribution < 1.29 is 9.59 Å². The maximum atomic E-state index is 11.5. The molecule has 0 aromatic heterocycles. The van der Waals surface area contributed by atoms with Crippen molar-refractivity contribution in [3.8, 4) is 0 Å². The van der Waals surface area contributed by atoms with Crippen LogP contribution in [0.3, 0.4) is 0 Å². The molecule has 1 unspecified atom stereocenters. The molecule has 2 amide bonds. The van der Waals surface area contributed by atoms with Gasteiger partial charge in [0.15, 0.2) is 0 Å². The summed E-state index contributed by atoms with van der Waals surface area (Å²) >= 11 is 0. The molecule has 1 atom stereocenters. The number of amides is 2. The quantitative estimate of drug-likeness (QED) is 0.555. The molecule has 1 aliphatic rings. The fourth-order valence-corrected chi connectivity index (χ4v) is 1.44. The van der Waals surface area contributed by atoms with E-state index in [2.05, 4.69) is 5.32 Å². The number of nitrogens with one attached hydrogen (secondary N) is 1. The summed E-state index contributed by atoms with van der Waals surface area (Å²) < 4.78 is 0. The van der Waals surface area contributed by atoms with Gasteiger partial charge in [0, 0.05) is 6.54 Å². The molecule has 13 heavy (non-hydrogen) atoms. The molecule has 5 nitrogen and oxygen atoms in total. The van der Waals surface area contributed by atoms with Gasteiger partial charge in [-0.25, -0.2) is 0 Å². The van der Waals surface area contributed by atoms with E-state index < -0.39 is 6.04 Å². The Kier molecular flexibility index (Phi) is 3.70. The molecule has 0 bridgehead atoms. The lowest BCUT2D eigenvalue weighted by molar-refractivity contribution is -0.132. The highest BCUT2D eigenvalue weighted by Gasteiger charge is 2.22. The maximum absolute atomic E-state index is 11.5. The van der Waals surface area contributed by atoms with Crippen LogP contribution in [0, 0.1) is 0 Å². The van der Waals surface area contributed by atoms with E-state index in [1.54, 1.807) is 4.90 Å². The van der Waals surface area contributed by atoms with Crippen LogP contribution in [-0.2, 0) is 9.59 Å². The monoisotopic (exact) mass is 185 g/mol. The first-order valence-corrected chi connectivity index (χ1v) is 4.47. The van der Waals surface area contributed by atoms with Crippen molar-refractivity contribution in [2.24, 2.45) is 5.73 Å². The third kappa shape index (κ3) is 2.69. The largest absolute Gasteiger partial charge is 0.341 e. The predicted molar refractivity (Wildman–Crippen MR) is 47.6 cm³/mol. The molecule has 74 valence electrons. The van der Waals surface area contributed by atoms with E-state index in [-0.39, 0.29) is 12.6 Å². The van der Waals surface area contributed by atoms with E-state index in [0.29, 0.717) is 13.0 Å². The van der Waals surface area contributed by atoms with Crippen molar-refractivity contribution in [1.29, 1.82) is 0 Å². The molecule has 0 saturated carbocycles. The molecule has 1 heterocycles. The number of nitrogens with two attached hydrogens (primary N) is 1. The smallest absolute Gasteiger partial charge is 0.240 e. The van der Waals surface area contributed by atoms with Crippen LogP contribution in [0.2, 0.25) is 0 Å². The highest BCUT2D eigenvalue weighted by molar-refractivity contribution is 5.81. The second kappa shape index (κ2) is 4.81. The van der Waals surface area contributed by atoms with Crippen molar-refractivity contribution in [3.05, 3.63) is 0 Å². The first-order valence-electron chi connectivity index (χ1n) is 4.47. The highest BCUT2D eigenvalue weighted by Crippen LogP contribution is 2.09. The van der Waals surface area contributed by atoms with E-state index in [1.165, 1.54) is 0 Å². The van der Waals surface area contributed by atoms with Crippen LogP contribution < -0.4 is 11.1 Å². The Bertz CT molecular complexity index is 196. The number of likely N-dealkylation sites (tertiary alicyclic amines) is 1. The minimum atomic E-state index is -0.393. The minimum absolute atomic E-state index is 0.0631. The fraction of sp³-hybridized carbons (Fsp3) is 0.750. The van der Waals surface area contributed by atoms with Crippen LogP contribution in [0.1, 0.15) is 19.3 Å². The molecule has 5 heteroatoms. The Labute approximate surface area is 77.3 Å². The van der Waals surface area contributed by atoms with E-state index in [9.17, 15) is 9.59 Å². The zero-order chi connectivity index (χ0) is 9.68. The van der Waals surface area contributed by atoms with Crippen LogP contribution >= 0.6 is 0 Å². The topological polar surface area (TPSA) is 75.4 Å². The molecule has 1 fully saturated rings. The lowest BCUT2D eigenvalue weighted by atomic mass is 10.1. The third-order valence-corrected chi connectivity index (χ3v) is 2.19. The Morgan fingerprint density at radius 2 is 2.38 bits per heavy atom. The van der Waals surface area contributed by atoms with Crippen molar-refractivity contribution in [2.45, 2.75) is 25.3 Å². The summed E-state index contributed by atoms with van der Waals surface area (Å²) in [5.74, 6) is -0.0631. The second-order valence-corrected chi connectivity index (χ2v) is 3.18. The summed E-state index contributed by atoms with van der Waals surface area (Å²) in [7, 11) is 0. The number of rotatable bonds is 3. The van der Waals surface area contributed by atoms with Crippen molar-refractivity contribution in [1.82, 2.24) is 10.2 Å². The number of nitrogens with zero attached hydrogens (tertiary/aromatic N) is 1. The zero-order valence-corrected chi connectivity index (χ0v) is 7.53. The van der Waals surface area contributed by atoms with Gasteiger partial charge in [0.1, 0.15) is 0 Å². The van der Waals surface area contributed by atoms with Crippen LogP contribution in [0.4, 0.5) is 0 Å². The molecule has 0 radical (unpaired) electrons. The van der Waals surface area contributed by atoms with Gasteiger partial charge < -0.3 is 16.0 Å². The maximum Gasteiger partial charge on any atom is 0.240 e. The summed E-state index contributed by atoms with van der Waals surface area (Å²) in [4.78, 5) is 23.1. The van der Waals surface area contributed by atoms with Gasteiger partial charge in [-0.3, -0.25) is 9.59 Å². The van der Waals surface area contributed by atoms with Gasteiger partial charge in [0.2, 0.25) is 12.3 Å². The molecule has 0 aliphatic carbocycles.